The van der Waals surface area contributed by atoms with E-state index < -0.39 is 0 Å². The summed E-state index contributed by atoms with van der Waals surface area (Å²) in [6.07, 6.45) is 3.41. The molecule has 2 aromatic heterocycles. The van der Waals surface area contributed by atoms with E-state index in [9.17, 15) is 4.79 Å². The molecule has 4 rings (SSSR count). The van der Waals surface area contributed by atoms with Crippen molar-refractivity contribution in [2.75, 3.05) is 27.3 Å². The minimum atomic E-state index is -0.0546. The molecular formula is C20H23N5O3. The van der Waals surface area contributed by atoms with Crippen molar-refractivity contribution in [1.29, 1.82) is 0 Å². The van der Waals surface area contributed by atoms with Crippen LogP contribution in [0.1, 0.15) is 40.5 Å². The van der Waals surface area contributed by atoms with Gasteiger partial charge in [-0.25, -0.2) is 9.50 Å². The zero-order chi connectivity index (χ0) is 19.7. The molecule has 1 aliphatic heterocycles. The summed E-state index contributed by atoms with van der Waals surface area (Å²) in [5.74, 6) is 1.72. The summed E-state index contributed by atoms with van der Waals surface area (Å²) in [7, 11) is 3.12. The van der Waals surface area contributed by atoms with Crippen molar-refractivity contribution < 1.29 is 14.3 Å². The van der Waals surface area contributed by atoms with Gasteiger partial charge in [-0.3, -0.25) is 4.79 Å². The van der Waals surface area contributed by atoms with E-state index in [2.05, 4.69) is 15.1 Å². The fourth-order valence-electron chi connectivity index (χ4n) is 3.88. The molecule has 8 nitrogen and oxygen atoms in total. The van der Waals surface area contributed by atoms with Gasteiger partial charge in [0.05, 0.1) is 25.5 Å². The van der Waals surface area contributed by atoms with Crippen LogP contribution in [0, 0.1) is 6.92 Å². The molecule has 3 heterocycles. The van der Waals surface area contributed by atoms with Gasteiger partial charge in [-0.05, 0) is 38.0 Å². The van der Waals surface area contributed by atoms with Gasteiger partial charge in [0.2, 0.25) is 0 Å². The van der Waals surface area contributed by atoms with E-state index in [-0.39, 0.29) is 11.8 Å². The summed E-state index contributed by atoms with van der Waals surface area (Å²) in [6.45, 7) is 3.27. The van der Waals surface area contributed by atoms with Gasteiger partial charge < -0.3 is 14.4 Å². The highest BCUT2D eigenvalue weighted by Gasteiger charge is 2.29. The number of benzene rings is 1. The molecule has 0 bridgehead atoms. The van der Waals surface area contributed by atoms with E-state index in [1.165, 1.54) is 6.33 Å². The third-order valence-corrected chi connectivity index (χ3v) is 5.17. The number of carbonyl (C=O) groups excluding carboxylic acids is 1. The van der Waals surface area contributed by atoms with Crippen LogP contribution < -0.4 is 9.47 Å². The molecule has 0 N–H and O–H groups in total. The fourth-order valence-corrected chi connectivity index (χ4v) is 3.88. The van der Waals surface area contributed by atoms with Gasteiger partial charge >= 0.3 is 0 Å². The SMILES string of the molecule is COc1cccc(C(=O)N2CCCC(c3cc(C)nc4ncnn34)C2)c1OC. The monoisotopic (exact) mass is 381 g/mol. The molecule has 146 valence electrons. The molecule has 1 unspecified atom stereocenters. The van der Waals surface area contributed by atoms with Crippen molar-refractivity contribution in [3.05, 3.63) is 47.5 Å². The molecule has 0 saturated carbocycles. The zero-order valence-electron chi connectivity index (χ0n) is 16.3. The van der Waals surface area contributed by atoms with Crippen LogP contribution in [0.25, 0.3) is 5.78 Å². The van der Waals surface area contributed by atoms with Crippen LogP contribution in [-0.4, -0.2) is 57.7 Å². The number of nitrogens with zero attached hydrogens (tertiary/aromatic N) is 5. The third kappa shape index (κ3) is 3.15. The molecule has 1 saturated heterocycles. The van der Waals surface area contributed by atoms with Crippen LogP contribution >= 0.6 is 0 Å². The van der Waals surface area contributed by atoms with E-state index in [4.69, 9.17) is 9.47 Å². The normalized spacial score (nSPS) is 17.0. The first-order chi connectivity index (χ1) is 13.6. The van der Waals surface area contributed by atoms with E-state index >= 15 is 0 Å². The number of hydrogen-bond donors (Lipinski definition) is 0. The van der Waals surface area contributed by atoms with E-state index in [1.807, 2.05) is 17.9 Å². The first-order valence-electron chi connectivity index (χ1n) is 9.30. The van der Waals surface area contributed by atoms with Crippen molar-refractivity contribution in [2.45, 2.75) is 25.7 Å². The Labute approximate surface area is 163 Å². The number of aromatic nitrogens is 4. The Morgan fingerprint density at radius 2 is 2.11 bits per heavy atom. The Kier molecular flexibility index (Phi) is 4.85. The summed E-state index contributed by atoms with van der Waals surface area (Å²) in [5, 5.41) is 4.32. The molecule has 1 aliphatic rings. The Balaban J connectivity index is 1.64. The van der Waals surface area contributed by atoms with Crippen LogP contribution in [0.4, 0.5) is 0 Å². The van der Waals surface area contributed by atoms with Crippen LogP contribution in [0.2, 0.25) is 0 Å². The standard InChI is InChI=1S/C20H23N5O3/c1-13-10-16(25-20(23-13)21-12-22-25)14-6-5-9-24(11-14)19(26)15-7-4-8-17(27-2)18(15)28-3/h4,7-8,10,12,14H,5-6,9,11H2,1-3H3. The number of para-hydroxylation sites is 1. The maximum atomic E-state index is 13.2. The molecule has 1 atom stereocenters. The van der Waals surface area contributed by atoms with E-state index in [0.717, 1.165) is 24.2 Å². The van der Waals surface area contributed by atoms with Gasteiger partial charge in [0.1, 0.15) is 6.33 Å². The second-order valence-corrected chi connectivity index (χ2v) is 6.93. The van der Waals surface area contributed by atoms with Gasteiger partial charge in [0.25, 0.3) is 11.7 Å². The van der Waals surface area contributed by atoms with Crippen LogP contribution in [0.15, 0.2) is 30.6 Å². The molecule has 8 heteroatoms. The second-order valence-electron chi connectivity index (χ2n) is 6.93. The lowest BCUT2D eigenvalue weighted by atomic mass is 9.93. The van der Waals surface area contributed by atoms with Gasteiger partial charge in [0.15, 0.2) is 11.5 Å². The lowest BCUT2D eigenvalue weighted by molar-refractivity contribution is 0.0701. The molecule has 1 fully saturated rings. The number of fused-ring (bicyclic) bond motifs is 1. The average molecular weight is 381 g/mol. The number of piperidine rings is 1. The highest BCUT2D eigenvalue weighted by molar-refractivity contribution is 5.98. The van der Waals surface area contributed by atoms with Gasteiger partial charge in [-0.15, -0.1) is 0 Å². The number of aryl methyl sites for hydroxylation is 1. The first kappa shape index (κ1) is 18.2. The zero-order valence-corrected chi connectivity index (χ0v) is 16.3. The Hall–Kier alpha value is -3.16. The Morgan fingerprint density at radius 1 is 1.25 bits per heavy atom. The highest BCUT2D eigenvalue weighted by Crippen LogP contribution is 2.33. The smallest absolute Gasteiger partial charge is 0.257 e. The highest BCUT2D eigenvalue weighted by atomic mass is 16.5. The molecule has 3 aromatic rings. The summed E-state index contributed by atoms with van der Waals surface area (Å²) in [5.41, 5.74) is 2.45. The van der Waals surface area contributed by atoms with Crippen molar-refractivity contribution in [2.24, 2.45) is 0 Å². The van der Waals surface area contributed by atoms with Crippen LogP contribution in [0.5, 0.6) is 11.5 Å². The molecule has 0 radical (unpaired) electrons. The quantitative estimate of drug-likeness (QED) is 0.691. The summed E-state index contributed by atoms with van der Waals surface area (Å²) in [4.78, 5) is 23.7. The predicted molar refractivity (Wildman–Crippen MR) is 103 cm³/mol. The average Bonchev–Trinajstić information content (AvgIpc) is 3.20. The summed E-state index contributed by atoms with van der Waals surface area (Å²) < 4.78 is 12.6. The minimum Gasteiger partial charge on any atom is -0.493 e. The Morgan fingerprint density at radius 3 is 2.89 bits per heavy atom. The maximum Gasteiger partial charge on any atom is 0.257 e. The molecule has 28 heavy (non-hydrogen) atoms. The topological polar surface area (TPSA) is 81.9 Å². The molecular weight excluding hydrogens is 358 g/mol. The third-order valence-electron chi connectivity index (χ3n) is 5.17. The van der Waals surface area contributed by atoms with E-state index in [0.29, 0.717) is 35.9 Å². The summed E-state index contributed by atoms with van der Waals surface area (Å²) >= 11 is 0. The van der Waals surface area contributed by atoms with Crippen LogP contribution in [-0.2, 0) is 0 Å². The fraction of sp³-hybridized carbons (Fsp3) is 0.400. The number of carbonyl (C=O) groups is 1. The van der Waals surface area contributed by atoms with Crippen molar-refractivity contribution in [3.63, 3.8) is 0 Å². The number of rotatable bonds is 4. The largest absolute Gasteiger partial charge is 0.493 e. The number of amides is 1. The lowest BCUT2D eigenvalue weighted by Crippen LogP contribution is -2.39. The maximum absolute atomic E-state index is 13.2. The van der Waals surface area contributed by atoms with Crippen molar-refractivity contribution >= 4 is 11.7 Å². The predicted octanol–water partition coefficient (Wildman–Crippen LogP) is 2.47. The molecule has 1 amide bonds. The molecule has 0 spiro atoms. The van der Waals surface area contributed by atoms with Crippen LogP contribution in [0.3, 0.4) is 0 Å². The van der Waals surface area contributed by atoms with Crippen molar-refractivity contribution in [3.8, 4) is 11.5 Å². The van der Waals surface area contributed by atoms with E-state index in [1.54, 1.807) is 36.9 Å². The molecule has 0 aliphatic carbocycles. The Bertz CT molecular complexity index is 1020. The number of likely N-dealkylation sites (tertiary alicyclic amines) is 1. The van der Waals surface area contributed by atoms with Gasteiger partial charge in [0, 0.05) is 24.7 Å². The van der Waals surface area contributed by atoms with Gasteiger partial charge in [-0.1, -0.05) is 6.07 Å². The first-order valence-corrected chi connectivity index (χ1v) is 9.30. The number of hydrogen-bond acceptors (Lipinski definition) is 6. The second kappa shape index (κ2) is 7.46. The number of methoxy groups -OCH3 is 2. The van der Waals surface area contributed by atoms with Gasteiger partial charge in [-0.2, -0.15) is 10.1 Å². The van der Waals surface area contributed by atoms with Crippen molar-refractivity contribution in [1.82, 2.24) is 24.5 Å². The summed E-state index contributed by atoms with van der Waals surface area (Å²) in [6, 6.07) is 7.41. The molecule has 1 aromatic carbocycles. The number of ether oxygens (including phenoxy) is 2. The lowest BCUT2D eigenvalue weighted by Gasteiger charge is -2.33. The minimum absolute atomic E-state index is 0.0546.